The van der Waals surface area contributed by atoms with Crippen LogP contribution >= 0.6 is 0 Å². The predicted octanol–water partition coefficient (Wildman–Crippen LogP) is 3.04. The van der Waals surface area contributed by atoms with Crippen molar-refractivity contribution in [2.24, 2.45) is 0 Å². The molecule has 1 saturated heterocycles. The largest absolute Gasteiger partial charge is 0.478 e. The highest BCUT2D eigenvalue weighted by Crippen LogP contribution is 2.32. The van der Waals surface area contributed by atoms with E-state index >= 15 is 0 Å². The maximum atomic E-state index is 11.0. The third-order valence-electron chi connectivity index (χ3n) is 5.39. The third-order valence-corrected chi connectivity index (χ3v) is 5.39. The van der Waals surface area contributed by atoms with E-state index < -0.39 is 5.97 Å². The van der Waals surface area contributed by atoms with Gasteiger partial charge in [-0.2, -0.15) is 0 Å². The van der Waals surface area contributed by atoms with Gasteiger partial charge in [-0.05, 0) is 49.9 Å². The number of likely N-dealkylation sites (tertiary alicyclic amines) is 1. The number of aromatic carboxylic acids is 1. The van der Waals surface area contributed by atoms with Crippen LogP contribution < -0.4 is 0 Å². The molecule has 1 aromatic heterocycles. The van der Waals surface area contributed by atoms with Gasteiger partial charge in [0.05, 0.1) is 11.6 Å². The highest BCUT2D eigenvalue weighted by Gasteiger charge is 2.30. The van der Waals surface area contributed by atoms with E-state index in [0.717, 1.165) is 49.7 Å². The van der Waals surface area contributed by atoms with E-state index in [2.05, 4.69) is 19.7 Å². The molecule has 0 spiro atoms. The lowest BCUT2D eigenvalue weighted by atomic mass is 9.99. The van der Waals surface area contributed by atoms with Crippen molar-refractivity contribution in [2.45, 2.75) is 57.7 Å². The van der Waals surface area contributed by atoms with Gasteiger partial charge in [0.25, 0.3) is 0 Å². The fraction of sp³-hybridized carbons (Fsp3) is 0.526. The van der Waals surface area contributed by atoms with Crippen LogP contribution in [-0.2, 0) is 19.5 Å². The summed E-state index contributed by atoms with van der Waals surface area (Å²) in [4.78, 5) is 13.5. The van der Waals surface area contributed by atoms with Gasteiger partial charge in [0.1, 0.15) is 11.6 Å². The highest BCUT2D eigenvalue weighted by molar-refractivity contribution is 5.87. The second-order valence-corrected chi connectivity index (χ2v) is 7.07. The summed E-state index contributed by atoms with van der Waals surface area (Å²) in [5.41, 5.74) is 1.49. The first-order valence-corrected chi connectivity index (χ1v) is 9.20. The van der Waals surface area contributed by atoms with E-state index in [1.54, 1.807) is 12.1 Å². The lowest BCUT2D eigenvalue weighted by Gasteiger charge is -2.35. The number of hydrogen-bond donors (Lipinski definition) is 1. The van der Waals surface area contributed by atoms with Crippen molar-refractivity contribution < 1.29 is 9.90 Å². The number of hydrogen-bond acceptors (Lipinski definition) is 4. The van der Waals surface area contributed by atoms with Crippen molar-refractivity contribution in [2.75, 3.05) is 6.54 Å². The second-order valence-electron chi connectivity index (χ2n) is 7.07. The number of rotatable bonds is 4. The first-order valence-electron chi connectivity index (χ1n) is 9.20. The molecular weight excluding hydrogens is 316 g/mol. The number of nitrogens with zero attached hydrogens (tertiary/aromatic N) is 4. The van der Waals surface area contributed by atoms with Gasteiger partial charge >= 0.3 is 5.97 Å². The minimum Gasteiger partial charge on any atom is -0.478 e. The van der Waals surface area contributed by atoms with Crippen LogP contribution in [-0.4, -0.2) is 37.3 Å². The minimum atomic E-state index is -0.877. The molecule has 132 valence electrons. The van der Waals surface area contributed by atoms with Crippen LogP contribution in [0.3, 0.4) is 0 Å². The summed E-state index contributed by atoms with van der Waals surface area (Å²) in [6, 6.07) is 7.54. The molecule has 4 rings (SSSR count). The molecule has 3 heterocycles. The standard InChI is InChI=1S/C19H24N4O2/c24-19(25)15-9-7-14(8-10-15)13-22-11-3-1-5-16(22)18-21-20-17-6-2-4-12-23(17)18/h7-10,16H,1-6,11-13H2,(H,24,25). The quantitative estimate of drug-likeness (QED) is 0.926. The van der Waals surface area contributed by atoms with Crippen molar-refractivity contribution in [1.82, 2.24) is 19.7 Å². The summed E-state index contributed by atoms with van der Waals surface area (Å²) in [5, 5.41) is 18.0. The molecule has 0 amide bonds. The number of carbonyl (C=O) groups is 1. The Labute approximate surface area is 147 Å². The van der Waals surface area contributed by atoms with Crippen LogP contribution in [0.2, 0.25) is 0 Å². The highest BCUT2D eigenvalue weighted by atomic mass is 16.4. The van der Waals surface area contributed by atoms with Gasteiger partial charge in [-0.1, -0.05) is 18.6 Å². The number of carboxylic acid groups (broad SMARTS) is 1. The molecule has 0 saturated carbocycles. The number of aromatic nitrogens is 3. The number of carboxylic acids is 1. The van der Waals surface area contributed by atoms with Gasteiger partial charge in [0.2, 0.25) is 0 Å². The van der Waals surface area contributed by atoms with E-state index in [4.69, 9.17) is 5.11 Å². The lowest BCUT2D eigenvalue weighted by molar-refractivity contribution is 0.0697. The SMILES string of the molecule is O=C(O)c1ccc(CN2CCCCC2c2nnc3n2CCCC3)cc1. The summed E-state index contributed by atoms with van der Waals surface area (Å²) in [6.45, 7) is 2.91. The van der Waals surface area contributed by atoms with Gasteiger partial charge < -0.3 is 9.67 Å². The summed E-state index contributed by atoms with van der Waals surface area (Å²) in [5.74, 6) is 1.38. The zero-order valence-electron chi connectivity index (χ0n) is 14.4. The lowest BCUT2D eigenvalue weighted by Crippen LogP contribution is -2.35. The number of benzene rings is 1. The number of piperidine rings is 1. The third kappa shape index (κ3) is 3.31. The van der Waals surface area contributed by atoms with Crippen molar-refractivity contribution in [1.29, 1.82) is 0 Å². The van der Waals surface area contributed by atoms with Gasteiger partial charge in [0.15, 0.2) is 0 Å². The second kappa shape index (κ2) is 6.96. The van der Waals surface area contributed by atoms with Crippen molar-refractivity contribution in [3.8, 4) is 0 Å². The van der Waals surface area contributed by atoms with Crippen LogP contribution in [0, 0.1) is 0 Å². The zero-order valence-corrected chi connectivity index (χ0v) is 14.4. The average molecular weight is 340 g/mol. The van der Waals surface area contributed by atoms with E-state index in [1.807, 2.05) is 12.1 Å². The molecule has 6 nitrogen and oxygen atoms in total. The summed E-state index contributed by atoms with van der Waals surface area (Å²) < 4.78 is 2.33. The fourth-order valence-corrected chi connectivity index (χ4v) is 4.04. The average Bonchev–Trinajstić information content (AvgIpc) is 3.07. The molecule has 2 aliphatic heterocycles. The molecule has 0 bridgehead atoms. The van der Waals surface area contributed by atoms with Crippen molar-refractivity contribution in [3.63, 3.8) is 0 Å². The smallest absolute Gasteiger partial charge is 0.335 e. The molecule has 6 heteroatoms. The Morgan fingerprint density at radius 2 is 1.88 bits per heavy atom. The maximum absolute atomic E-state index is 11.0. The molecule has 25 heavy (non-hydrogen) atoms. The Bertz CT molecular complexity index is 753. The topological polar surface area (TPSA) is 71.2 Å². The van der Waals surface area contributed by atoms with E-state index in [9.17, 15) is 4.79 Å². The van der Waals surface area contributed by atoms with E-state index in [0.29, 0.717) is 11.6 Å². The molecule has 1 atom stereocenters. The number of fused-ring (bicyclic) bond motifs is 1. The van der Waals surface area contributed by atoms with Gasteiger partial charge in [-0.15, -0.1) is 10.2 Å². The van der Waals surface area contributed by atoms with Gasteiger partial charge in [0, 0.05) is 19.5 Å². The number of aryl methyl sites for hydroxylation is 1. The van der Waals surface area contributed by atoms with Crippen LogP contribution in [0.15, 0.2) is 24.3 Å². The normalized spacial score (nSPS) is 21.0. The minimum absolute atomic E-state index is 0.312. The van der Waals surface area contributed by atoms with Crippen LogP contribution in [0.5, 0.6) is 0 Å². The zero-order chi connectivity index (χ0) is 17.2. The molecule has 1 aromatic carbocycles. The van der Waals surface area contributed by atoms with Crippen molar-refractivity contribution >= 4 is 5.97 Å². The summed E-state index contributed by atoms with van der Waals surface area (Å²) >= 11 is 0. The van der Waals surface area contributed by atoms with Crippen LogP contribution in [0.1, 0.15) is 65.7 Å². The molecule has 0 radical (unpaired) electrons. The monoisotopic (exact) mass is 340 g/mol. The van der Waals surface area contributed by atoms with Crippen molar-refractivity contribution in [3.05, 3.63) is 47.0 Å². The summed E-state index contributed by atoms with van der Waals surface area (Å²) in [6.07, 6.45) is 7.00. The summed E-state index contributed by atoms with van der Waals surface area (Å²) in [7, 11) is 0. The van der Waals surface area contributed by atoms with Crippen LogP contribution in [0.25, 0.3) is 0 Å². The molecule has 2 aliphatic rings. The fourth-order valence-electron chi connectivity index (χ4n) is 4.04. The van der Waals surface area contributed by atoms with Crippen LogP contribution in [0.4, 0.5) is 0 Å². The predicted molar refractivity (Wildman–Crippen MR) is 93.4 cm³/mol. The molecule has 2 aromatic rings. The van der Waals surface area contributed by atoms with E-state index in [1.165, 1.54) is 25.7 Å². The first kappa shape index (κ1) is 16.3. The Balaban J connectivity index is 1.55. The van der Waals surface area contributed by atoms with E-state index in [-0.39, 0.29) is 0 Å². The molecule has 1 unspecified atom stereocenters. The molecule has 1 fully saturated rings. The Kier molecular flexibility index (Phi) is 4.53. The Morgan fingerprint density at radius 1 is 1.08 bits per heavy atom. The molecular formula is C19H24N4O2. The Hall–Kier alpha value is -2.21. The Morgan fingerprint density at radius 3 is 2.68 bits per heavy atom. The maximum Gasteiger partial charge on any atom is 0.335 e. The van der Waals surface area contributed by atoms with Gasteiger partial charge in [-0.25, -0.2) is 4.79 Å². The first-order chi connectivity index (χ1) is 12.2. The molecule has 1 N–H and O–H groups in total. The molecule has 0 aliphatic carbocycles. The van der Waals surface area contributed by atoms with Gasteiger partial charge in [-0.3, -0.25) is 4.90 Å².